The van der Waals surface area contributed by atoms with Crippen LogP contribution in [0.25, 0.3) is 11.0 Å². The molecule has 1 aliphatic rings. The smallest absolute Gasteiger partial charge is 0.297 e. The number of rotatable bonds is 5. The average molecular weight is 436 g/mol. The van der Waals surface area contributed by atoms with E-state index in [1.165, 1.54) is 16.2 Å². The molecule has 1 aliphatic heterocycles. The monoisotopic (exact) mass is 435 g/mol. The van der Waals surface area contributed by atoms with Crippen LogP contribution in [0.2, 0.25) is 0 Å². The predicted octanol–water partition coefficient (Wildman–Crippen LogP) is 4.90. The van der Waals surface area contributed by atoms with Gasteiger partial charge in [-0.15, -0.1) is 10.2 Å². The van der Waals surface area contributed by atoms with Crippen molar-refractivity contribution in [2.75, 3.05) is 10.7 Å². The van der Waals surface area contributed by atoms with Crippen LogP contribution in [-0.4, -0.2) is 21.9 Å². The van der Waals surface area contributed by atoms with Crippen molar-refractivity contribution in [1.29, 1.82) is 0 Å². The van der Waals surface area contributed by atoms with Crippen LogP contribution in [0.3, 0.4) is 0 Å². The highest BCUT2D eigenvalue weighted by Gasteiger charge is 2.45. The third-order valence-electron chi connectivity index (χ3n) is 4.92. The molecule has 2 aromatic heterocycles. The van der Waals surface area contributed by atoms with Crippen molar-refractivity contribution in [3.05, 3.63) is 81.7 Å². The lowest BCUT2D eigenvalue weighted by molar-refractivity contribution is 0.0970. The number of carbonyl (C=O) groups excluding carboxylic acids is 1. The van der Waals surface area contributed by atoms with Gasteiger partial charge in [-0.3, -0.25) is 14.5 Å². The first-order valence-corrected chi connectivity index (χ1v) is 11.4. The van der Waals surface area contributed by atoms with Gasteiger partial charge in [0.15, 0.2) is 9.77 Å². The molecule has 30 heavy (non-hydrogen) atoms. The maximum atomic E-state index is 13.4. The second-order valence-electron chi connectivity index (χ2n) is 6.86. The Labute approximate surface area is 180 Å². The number of amides is 1. The van der Waals surface area contributed by atoms with E-state index in [0.29, 0.717) is 21.7 Å². The highest BCUT2D eigenvalue weighted by Crippen LogP contribution is 2.42. The Morgan fingerprint density at radius 2 is 1.83 bits per heavy atom. The van der Waals surface area contributed by atoms with Gasteiger partial charge in [-0.2, -0.15) is 0 Å². The number of para-hydroxylation sites is 1. The van der Waals surface area contributed by atoms with E-state index in [1.54, 1.807) is 36.0 Å². The highest BCUT2D eigenvalue weighted by atomic mass is 32.2. The summed E-state index contributed by atoms with van der Waals surface area (Å²) in [6.07, 6.45) is 1.02. The first-order chi connectivity index (χ1) is 14.7. The van der Waals surface area contributed by atoms with E-state index >= 15 is 0 Å². The molecular formula is C22H17N3O3S2. The number of anilines is 1. The Morgan fingerprint density at radius 3 is 2.63 bits per heavy atom. The maximum Gasteiger partial charge on any atom is 0.297 e. The molecule has 0 N–H and O–H groups in total. The van der Waals surface area contributed by atoms with Crippen molar-refractivity contribution in [3.63, 3.8) is 0 Å². The molecule has 0 bridgehead atoms. The number of carbonyl (C=O) groups is 1. The molecular weight excluding hydrogens is 418 g/mol. The zero-order valence-electron chi connectivity index (χ0n) is 16.1. The van der Waals surface area contributed by atoms with Crippen molar-refractivity contribution < 1.29 is 9.21 Å². The third-order valence-corrected chi connectivity index (χ3v) is 7.19. The Balaban J connectivity index is 1.71. The molecule has 0 spiro atoms. The lowest BCUT2D eigenvalue weighted by Gasteiger charge is -2.21. The van der Waals surface area contributed by atoms with Crippen molar-refractivity contribution in [3.8, 4) is 0 Å². The fraction of sp³-hybridized carbons (Fsp3) is 0.182. The van der Waals surface area contributed by atoms with Crippen LogP contribution < -0.4 is 10.3 Å². The standard InChI is InChI=1S/C22H17N3O3S2/c1-2-12-29-22-24-23-21(30-22)25-17(13-8-4-3-5-9-13)16-18(26)14-10-6-7-11-15(14)28-19(16)20(25)27/h3-11,17H,2,12H2,1H3/t17-/m0/s1. The number of fused-ring (bicyclic) bond motifs is 2. The van der Waals surface area contributed by atoms with E-state index in [4.69, 9.17) is 4.42 Å². The van der Waals surface area contributed by atoms with E-state index in [2.05, 4.69) is 17.1 Å². The molecule has 8 heteroatoms. The quantitative estimate of drug-likeness (QED) is 0.328. The van der Waals surface area contributed by atoms with Crippen LogP contribution in [0.1, 0.15) is 41.1 Å². The number of thioether (sulfide) groups is 1. The van der Waals surface area contributed by atoms with Gasteiger partial charge < -0.3 is 4.42 Å². The van der Waals surface area contributed by atoms with Crippen molar-refractivity contribution in [1.82, 2.24) is 10.2 Å². The van der Waals surface area contributed by atoms with E-state index in [0.717, 1.165) is 22.1 Å². The van der Waals surface area contributed by atoms with Crippen molar-refractivity contribution >= 4 is 45.1 Å². The van der Waals surface area contributed by atoms with Gasteiger partial charge in [0, 0.05) is 5.75 Å². The van der Waals surface area contributed by atoms with Crippen LogP contribution in [-0.2, 0) is 0 Å². The summed E-state index contributed by atoms with van der Waals surface area (Å²) in [6.45, 7) is 2.10. The van der Waals surface area contributed by atoms with Crippen LogP contribution in [0.15, 0.2) is 68.1 Å². The fourth-order valence-corrected chi connectivity index (χ4v) is 5.41. The van der Waals surface area contributed by atoms with Gasteiger partial charge in [0.25, 0.3) is 5.91 Å². The molecule has 1 atom stereocenters. The largest absolute Gasteiger partial charge is 0.450 e. The van der Waals surface area contributed by atoms with Gasteiger partial charge in [-0.25, -0.2) is 0 Å². The van der Waals surface area contributed by atoms with Gasteiger partial charge in [-0.1, -0.05) is 72.5 Å². The fourth-order valence-electron chi connectivity index (χ4n) is 3.62. The highest BCUT2D eigenvalue weighted by molar-refractivity contribution is 8.01. The molecule has 1 amide bonds. The zero-order valence-corrected chi connectivity index (χ0v) is 17.7. The molecule has 5 rings (SSSR count). The third kappa shape index (κ3) is 3.03. The normalized spacial score (nSPS) is 15.7. The summed E-state index contributed by atoms with van der Waals surface area (Å²) in [6, 6.07) is 15.9. The number of hydrogen-bond donors (Lipinski definition) is 0. The van der Waals surface area contributed by atoms with Gasteiger partial charge in [0.05, 0.1) is 17.0 Å². The molecule has 150 valence electrons. The second kappa shape index (κ2) is 7.70. The number of aromatic nitrogens is 2. The number of nitrogens with zero attached hydrogens (tertiary/aromatic N) is 3. The summed E-state index contributed by atoms with van der Waals surface area (Å²) in [5, 5.41) is 9.42. The Hall–Kier alpha value is -2.97. The van der Waals surface area contributed by atoms with Crippen molar-refractivity contribution in [2.24, 2.45) is 0 Å². The summed E-state index contributed by atoms with van der Waals surface area (Å²) < 4.78 is 6.73. The van der Waals surface area contributed by atoms with Crippen molar-refractivity contribution in [2.45, 2.75) is 23.7 Å². The molecule has 0 saturated carbocycles. The topological polar surface area (TPSA) is 76.3 Å². The molecule has 2 aromatic carbocycles. The second-order valence-corrected chi connectivity index (χ2v) is 9.16. The van der Waals surface area contributed by atoms with E-state index in [-0.39, 0.29) is 17.1 Å². The number of hydrogen-bond acceptors (Lipinski definition) is 7. The first-order valence-electron chi connectivity index (χ1n) is 9.59. The summed E-state index contributed by atoms with van der Waals surface area (Å²) in [4.78, 5) is 28.4. The molecule has 0 saturated heterocycles. The van der Waals surface area contributed by atoms with Crippen LogP contribution >= 0.6 is 23.1 Å². The molecule has 0 aliphatic carbocycles. The first kappa shape index (κ1) is 19.0. The van der Waals surface area contributed by atoms with Crippen LogP contribution in [0.4, 0.5) is 5.13 Å². The molecule has 3 heterocycles. The lowest BCUT2D eigenvalue weighted by atomic mass is 9.99. The zero-order chi connectivity index (χ0) is 20.7. The van der Waals surface area contributed by atoms with E-state index < -0.39 is 6.04 Å². The minimum atomic E-state index is -0.605. The average Bonchev–Trinajstić information content (AvgIpc) is 3.36. The minimum absolute atomic E-state index is 0.0746. The van der Waals surface area contributed by atoms with Gasteiger partial charge in [0.1, 0.15) is 5.58 Å². The van der Waals surface area contributed by atoms with Gasteiger partial charge in [-0.05, 0) is 24.1 Å². The molecule has 6 nitrogen and oxygen atoms in total. The molecule has 0 fully saturated rings. The summed E-state index contributed by atoms with van der Waals surface area (Å²) in [5.74, 6) is 0.631. The summed E-state index contributed by atoms with van der Waals surface area (Å²) in [7, 11) is 0. The maximum absolute atomic E-state index is 13.4. The molecule has 4 aromatic rings. The van der Waals surface area contributed by atoms with Gasteiger partial charge in [0.2, 0.25) is 10.9 Å². The molecule has 0 unspecified atom stereocenters. The SMILES string of the molecule is CCCSc1nnc(N2C(=O)c3oc4ccccc4c(=O)c3[C@@H]2c2ccccc2)s1. The summed E-state index contributed by atoms with van der Waals surface area (Å²) >= 11 is 2.96. The van der Waals surface area contributed by atoms with E-state index in [9.17, 15) is 9.59 Å². The molecule has 0 radical (unpaired) electrons. The van der Waals surface area contributed by atoms with Gasteiger partial charge >= 0.3 is 0 Å². The minimum Gasteiger partial charge on any atom is -0.450 e. The van der Waals surface area contributed by atoms with E-state index in [1.807, 2.05) is 30.3 Å². The van der Waals surface area contributed by atoms with Crippen LogP contribution in [0.5, 0.6) is 0 Å². The summed E-state index contributed by atoms with van der Waals surface area (Å²) in [5.41, 5.74) is 1.38. The Morgan fingerprint density at radius 1 is 1.07 bits per heavy atom. The van der Waals surface area contributed by atoms with Crippen LogP contribution in [0, 0.1) is 0 Å². The Kier molecular flexibility index (Phi) is 4.88. The Bertz CT molecular complexity index is 1300. The number of benzene rings is 2. The lowest BCUT2D eigenvalue weighted by Crippen LogP contribution is -2.29. The predicted molar refractivity (Wildman–Crippen MR) is 119 cm³/mol.